The van der Waals surface area contributed by atoms with E-state index in [0.29, 0.717) is 6.73 Å². The van der Waals surface area contributed by atoms with Crippen LogP contribution in [0.1, 0.15) is 13.8 Å². The van der Waals surface area contributed by atoms with Crippen molar-refractivity contribution >= 4 is 24.9 Å². The van der Waals surface area contributed by atoms with Gasteiger partial charge in [-0.1, -0.05) is 6.92 Å². The van der Waals surface area contributed by atoms with Gasteiger partial charge in [0.15, 0.2) is 12.5 Å². The van der Waals surface area contributed by atoms with Gasteiger partial charge in [0.1, 0.15) is 0 Å². The van der Waals surface area contributed by atoms with Crippen molar-refractivity contribution in [1.29, 1.82) is 0 Å². The second-order valence-corrected chi connectivity index (χ2v) is 4.07. The van der Waals surface area contributed by atoms with Gasteiger partial charge in [-0.15, -0.1) is 4.52 Å². The van der Waals surface area contributed by atoms with Crippen LogP contribution in [0.5, 0.6) is 0 Å². The van der Waals surface area contributed by atoms with Gasteiger partial charge >= 0.3 is 13.1 Å². The lowest BCUT2D eigenvalue weighted by Crippen LogP contribution is -2.14. The molecule has 0 aromatic carbocycles. The van der Waals surface area contributed by atoms with E-state index in [-0.39, 0.29) is 5.76 Å². The minimum atomic E-state index is -1.47. The standard InChI is InChI=1S/C7H12NO4PS/c1-3-8-5-11-13(14)12-6(2)4-7(9)10/h4,8H,3,5H2,1-2H3/p+1. The van der Waals surface area contributed by atoms with Crippen molar-refractivity contribution in [3.05, 3.63) is 11.8 Å². The minimum absolute atomic E-state index is 0.245. The molecule has 0 saturated carbocycles. The first kappa shape index (κ1) is 13.4. The van der Waals surface area contributed by atoms with Gasteiger partial charge in [0.05, 0.1) is 6.08 Å². The highest BCUT2D eigenvalue weighted by atomic mass is 32.4. The summed E-state index contributed by atoms with van der Waals surface area (Å²) in [6, 6.07) is 0. The maximum atomic E-state index is 10.2. The second kappa shape index (κ2) is 7.82. The first-order valence-electron chi connectivity index (χ1n) is 3.96. The lowest BCUT2D eigenvalue weighted by Gasteiger charge is -1.95. The smallest absolute Gasteiger partial charge is 0.478 e. The molecule has 0 bridgehead atoms. The van der Waals surface area contributed by atoms with Gasteiger partial charge in [0, 0.05) is 0 Å². The number of aliphatic carboxylic acids is 1. The normalized spacial score (nSPS) is 12.4. The number of rotatable bonds is 7. The summed E-state index contributed by atoms with van der Waals surface area (Å²) in [6.45, 7) is 4.55. The highest BCUT2D eigenvalue weighted by Gasteiger charge is 2.15. The van der Waals surface area contributed by atoms with Crippen molar-refractivity contribution < 1.29 is 18.9 Å². The Hall–Kier alpha value is -0.550. The summed E-state index contributed by atoms with van der Waals surface area (Å²) in [6.07, 6.45) is 0.943. The second-order valence-electron chi connectivity index (χ2n) is 2.29. The molecule has 0 aliphatic carbocycles. The number of hydrogen-bond donors (Lipinski definition) is 2. The van der Waals surface area contributed by atoms with E-state index >= 15 is 0 Å². The summed E-state index contributed by atoms with van der Waals surface area (Å²) >= 11 is 4.83. The molecular weight excluding hydrogens is 225 g/mol. The van der Waals surface area contributed by atoms with Gasteiger partial charge in [-0.05, 0) is 13.5 Å². The molecule has 14 heavy (non-hydrogen) atoms. The van der Waals surface area contributed by atoms with Gasteiger partial charge < -0.3 is 5.11 Å². The summed E-state index contributed by atoms with van der Waals surface area (Å²) in [5.74, 6) is -0.817. The van der Waals surface area contributed by atoms with E-state index in [0.717, 1.165) is 12.6 Å². The summed E-state index contributed by atoms with van der Waals surface area (Å²) in [4.78, 5) is 10.2. The van der Waals surface area contributed by atoms with Gasteiger partial charge in [0.25, 0.3) is 0 Å². The fourth-order valence-electron chi connectivity index (χ4n) is 0.545. The van der Waals surface area contributed by atoms with E-state index in [2.05, 4.69) is 5.32 Å². The number of nitrogens with one attached hydrogen (secondary N) is 1. The van der Waals surface area contributed by atoms with Crippen LogP contribution >= 0.6 is 7.15 Å². The van der Waals surface area contributed by atoms with Crippen molar-refractivity contribution in [2.75, 3.05) is 13.3 Å². The summed E-state index contributed by atoms with van der Waals surface area (Å²) < 4.78 is 10.1. The number of hydrogen-bond acceptors (Lipinski definition) is 5. The SMILES string of the molecule is CCNCO[P+](=S)OC(C)=CC(=O)O. The molecule has 0 fully saturated rings. The molecule has 0 amide bonds. The third-order valence-corrected chi connectivity index (χ3v) is 2.38. The third kappa shape index (κ3) is 8.07. The molecule has 1 unspecified atom stereocenters. The summed E-state index contributed by atoms with van der Waals surface area (Å²) in [5.41, 5.74) is 0. The number of carboxylic acids is 1. The van der Waals surface area contributed by atoms with Crippen LogP contribution in [0.25, 0.3) is 0 Å². The monoisotopic (exact) mass is 238 g/mol. The molecule has 5 nitrogen and oxygen atoms in total. The van der Waals surface area contributed by atoms with Crippen LogP contribution in [0, 0.1) is 0 Å². The van der Waals surface area contributed by atoms with Crippen LogP contribution in [-0.4, -0.2) is 24.4 Å². The summed E-state index contributed by atoms with van der Waals surface area (Å²) in [5, 5.41) is 11.3. The molecule has 0 heterocycles. The van der Waals surface area contributed by atoms with Crippen molar-refractivity contribution in [3.63, 3.8) is 0 Å². The van der Waals surface area contributed by atoms with E-state index in [1.165, 1.54) is 6.92 Å². The quantitative estimate of drug-likeness (QED) is 0.229. The zero-order valence-corrected chi connectivity index (χ0v) is 9.73. The maximum absolute atomic E-state index is 10.2. The lowest BCUT2D eigenvalue weighted by atomic mass is 10.5. The van der Waals surface area contributed by atoms with Crippen molar-refractivity contribution in [2.45, 2.75) is 13.8 Å². The molecule has 0 aromatic heterocycles. The Morgan fingerprint density at radius 1 is 1.71 bits per heavy atom. The zero-order chi connectivity index (χ0) is 11.0. The van der Waals surface area contributed by atoms with Crippen molar-refractivity contribution in [2.24, 2.45) is 0 Å². The molecular formula is C7H13NO4PS+. The molecule has 0 aromatic rings. The third-order valence-electron chi connectivity index (χ3n) is 1.07. The van der Waals surface area contributed by atoms with Crippen molar-refractivity contribution in [1.82, 2.24) is 5.32 Å². The molecule has 0 aliphatic rings. The molecule has 80 valence electrons. The average molecular weight is 238 g/mol. The van der Waals surface area contributed by atoms with Gasteiger partial charge in [-0.2, -0.15) is 0 Å². The van der Waals surface area contributed by atoms with Crippen LogP contribution in [-0.2, 0) is 25.6 Å². The van der Waals surface area contributed by atoms with E-state index in [1.807, 2.05) is 6.92 Å². The first-order chi connectivity index (χ1) is 6.56. The predicted molar refractivity (Wildman–Crippen MR) is 56.4 cm³/mol. The number of allylic oxidation sites excluding steroid dienone is 1. The van der Waals surface area contributed by atoms with E-state index in [9.17, 15) is 4.79 Å². The molecule has 0 radical (unpaired) electrons. The fraction of sp³-hybridized carbons (Fsp3) is 0.571. The highest BCUT2D eigenvalue weighted by molar-refractivity contribution is 8.00. The van der Waals surface area contributed by atoms with Crippen LogP contribution < -0.4 is 5.32 Å². The molecule has 0 rings (SSSR count). The largest absolute Gasteiger partial charge is 0.574 e. The minimum Gasteiger partial charge on any atom is -0.478 e. The van der Waals surface area contributed by atoms with Gasteiger partial charge in [-0.25, -0.2) is 4.79 Å². The fourth-order valence-corrected chi connectivity index (χ4v) is 1.59. The van der Waals surface area contributed by atoms with Crippen LogP contribution in [0.15, 0.2) is 11.8 Å². The Morgan fingerprint density at radius 2 is 2.36 bits per heavy atom. The first-order valence-corrected chi connectivity index (χ1v) is 6.15. The Morgan fingerprint density at radius 3 is 2.86 bits per heavy atom. The zero-order valence-electron chi connectivity index (χ0n) is 8.02. The highest BCUT2D eigenvalue weighted by Crippen LogP contribution is 2.27. The average Bonchev–Trinajstić information content (AvgIpc) is 2.02. The molecule has 0 saturated heterocycles. The summed E-state index contributed by atoms with van der Waals surface area (Å²) in [7, 11) is -1.47. The maximum Gasteiger partial charge on any atom is 0.574 e. The topological polar surface area (TPSA) is 67.8 Å². The van der Waals surface area contributed by atoms with E-state index < -0.39 is 13.1 Å². The van der Waals surface area contributed by atoms with Crippen LogP contribution in [0.4, 0.5) is 0 Å². The van der Waals surface area contributed by atoms with Gasteiger partial charge in [0.2, 0.25) is 11.8 Å². The van der Waals surface area contributed by atoms with Crippen LogP contribution in [0.2, 0.25) is 0 Å². The van der Waals surface area contributed by atoms with Crippen molar-refractivity contribution in [3.8, 4) is 0 Å². The Kier molecular flexibility index (Phi) is 7.51. The van der Waals surface area contributed by atoms with Crippen LogP contribution in [0.3, 0.4) is 0 Å². The van der Waals surface area contributed by atoms with E-state index in [1.54, 1.807) is 0 Å². The lowest BCUT2D eigenvalue weighted by molar-refractivity contribution is -0.131. The van der Waals surface area contributed by atoms with Gasteiger partial charge in [-0.3, -0.25) is 9.84 Å². The Bertz CT molecular complexity index is 244. The predicted octanol–water partition coefficient (Wildman–Crippen LogP) is 1.35. The molecule has 0 aliphatic heterocycles. The molecule has 0 spiro atoms. The number of carboxylic acid groups (broad SMARTS) is 1. The Balaban J connectivity index is 3.77. The number of carbonyl (C=O) groups is 1. The molecule has 7 heteroatoms. The van der Waals surface area contributed by atoms with E-state index in [4.69, 9.17) is 26.0 Å². The Labute approximate surface area is 88.7 Å². The molecule has 1 atom stereocenters. The molecule has 2 N–H and O–H groups in total.